The van der Waals surface area contributed by atoms with Gasteiger partial charge in [0.1, 0.15) is 5.76 Å². The molecule has 3 aromatic rings. The highest BCUT2D eigenvalue weighted by molar-refractivity contribution is 8.00. The van der Waals surface area contributed by atoms with Crippen LogP contribution in [0.5, 0.6) is 0 Å². The number of carbonyl (C=O) groups is 2. The van der Waals surface area contributed by atoms with Gasteiger partial charge in [-0.05, 0) is 37.3 Å². The number of anilines is 1. The van der Waals surface area contributed by atoms with Crippen molar-refractivity contribution in [1.82, 2.24) is 10.3 Å². The van der Waals surface area contributed by atoms with Gasteiger partial charge in [-0.15, -0.1) is 23.1 Å². The summed E-state index contributed by atoms with van der Waals surface area (Å²) < 4.78 is 5.23. The number of benzene rings is 1. The fraction of sp³-hybridized carbons (Fsp3) is 0.211. The molecular formula is C19H17N3O3S2. The van der Waals surface area contributed by atoms with E-state index in [0.717, 1.165) is 21.3 Å². The van der Waals surface area contributed by atoms with Crippen LogP contribution in [-0.2, 0) is 17.9 Å². The third kappa shape index (κ3) is 3.91. The van der Waals surface area contributed by atoms with Crippen LogP contribution in [0.15, 0.2) is 51.3 Å². The van der Waals surface area contributed by atoms with Crippen molar-refractivity contribution in [2.75, 3.05) is 10.7 Å². The summed E-state index contributed by atoms with van der Waals surface area (Å²) in [7, 11) is 0. The van der Waals surface area contributed by atoms with Crippen LogP contribution in [0.4, 0.5) is 5.69 Å². The summed E-state index contributed by atoms with van der Waals surface area (Å²) in [6.45, 7) is 2.67. The summed E-state index contributed by atoms with van der Waals surface area (Å²) >= 11 is 3.05. The summed E-state index contributed by atoms with van der Waals surface area (Å²) in [5, 5.41) is 5.76. The second kappa shape index (κ2) is 7.58. The number of fused-ring (bicyclic) bond motifs is 1. The second-order valence-corrected chi connectivity index (χ2v) is 8.15. The number of aromatic nitrogens is 1. The minimum Gasteiger partial charge on any atom is -0.467 e. The van der Waals surface area contributed by atoms with Crippen molar-refractivity contribution < 1.29 is 14.0 Å². The van der Waals surface area contributed by atoms with E-state index >= 15 is 0 Å². The molecule has 1 aliphatic rings. The Morgan fingerprint density at radius 2 is 2.26 bits per heavy atom. The number of carbonyl (C=O) groups excluding carboxylic acids is 2. The van der Waals surface area contributed by atoms with Crippen LogP contribution in [0.3, 0.4) is 0 Å². The van der Waals surface area contributed by atoms with Gasteiger partial charge in [0.15, 0.2) is 0 Å². The highest BCUT2D eigenvalue weighted by Gasteiger charge is 2.26. The number of rotatable bonds is 5. The van der Waals surface area contributed by atoms with E-state index in [4.69, 9.17) is 4.42 Å². The number of aryl methyl sites for hydroxylation is 1. The molecule has 0 fully saturated rings. The molecule has 0 saturated carbocycles. The van der Waals surface area contributed by atoms with Gasteiger partial charge in [-0.1, -0.05) is 0 Å². The van der Waals surface area contributed by atoms with Gasteiger partial charge in [0.05, 0.1) is 41.5 Å². The van der Waals surface area contributed by atoms with E-state index in [1.807, 2.05) is 18.4 Å². The fourth-order valence-electron chi connectivity index (χ4n) is 2.84. The lowest BCUT2D eigenvalue weighted by atomic mass is 10.1. The van der Waals surface area contributed by atoms with Crippen LogP contribution in [0.1, 0.15) is 26.8 Å². The highest BCUT2D eigenvalue weighted by Crippen LogP contribution is 2.37. The predicted octanol–water partition coefficient (Wildman–Crippen LogP) is 3.61. The van der Waals surface area contributed by atoms with Crippen molar-refractivity contribution >= 4 is 40.6 Å². The Morgan fingerprint density at radius 3 is 3.00 bits per heavy atom. The molecule has 2 amide bonds. The summed E-state index contributed by atoms with van der Waals surface area (Å²) in [5.74, 6) is 0.890. The van der Waals surface area contributed by atoms with Crippen molar-refractivity contribution in [3.05, 3.63) is 64.0 Å². The first-order valence-corrected chi connectivity index (χ1v) is 10.3. The zero-order valence-corrected chi connectivity index (χ0v) is 16.2. The molecular weight excluding hydrogens is 382 g/mol. The predicted molar refractivity (Wildman–Crippen MR) is 105 cm³/mol. The number of nitrogens with one attached hydrogen (secondary N) is 1. The average molecular weight is 399 g/mol. The van der Waals surface area contributed by atoms with Crippen molar-refractivity contribution in [3.63, 3.8) is 0 Å². The SMILES string of the molecule is Cc1nc(CN2C(=O)CSc3ccc(C(=O)NCc4ccco4)cc32)cs1. The number of thiazole rings is 1. The first kappa shape index (κ1) is 17.8. The van der Waals surface area contributed by atoms with Gasteiger partial charge in [-0.25, -0.2) is 4.98 Å². The molecule has 3 heterocycles. The first-order valence-electron chi connectivity index (χ1n) is 8.39. The first-order chi connectivity index (χ1) is 13.1. The molecule has 1 N–H and O–H groups in total. The molecule has 27 heavy (non-hydrogen) atoms. The molecule has 2 aromatic heterocycles. The Balaban J connectivity index is 1.56. The van der Waals surface area contributed by atoms with E-state index in [1.165, 1.54) is 11.8 Å². The largest absolute Gasteiger partial charge is 0.467 e. The Labute approximate surface area is 164 Å². The van der Waals surface area contributed by atoms with E-state index in [0.29, 0.717) is 30.2 Å². The van der Waals surface area contributed by atoms with E-state index in [2.05, 4.69) is 10.3 Å². The summed E-state index contributed by atoms with van der Waals surface area (Å²) in [4.78, 5) is 32.2. The monoisotopic (exact) mass is 399 g/mol. The fourth-order valence-corrected chi connectivity index (χ4v) is 4.36. The van der Waals surface area contributed by atoms with Gasteiger partial charge in [-0.2, -0.15) is 0 Å². The average Bonchev–Trinajstić information content (AvgIpc) is 3.33. The van der Waals surface area contributed by atoms with E-state index in [9.17, 15) is 9.59 Å². The van der Waals surface area contributed by atoms with Crippen LogP contribution in [-0.4, -0.2) is 22.6 Å². The van der Waals surface area contributed by atoms with E-state index in [-0.39, 0.29) is 11.8 Å². The standard InChI is InChI=1S/C19H17N3O3S2/c1-12-21-14(10-26-12)9-22-16-7-13(4-5-17(16)27-11-18(22)23)19(24)20-8-15-3-2-6-25-15/h2-7,10H,8-9,11H2,1H3,(H,20,24). The smallest absolute Gasteiger partial charge is 0.251 e. The third-order valence-corrected chi connectivity index (χ3v) is 6.02. The van der Waals surface area contributed by atoms with Gasteiger partial charge in [0.2, 0.25) is 5.91 Å². The maximum Gasteiger partial charge on any atom is 0.251 e. The Hall–Kier alpha value is -2.58. The summed E-state index contributed by atoms with van der Waals surface area (Å²) in [6, 6.07) is 9.04. The molecule has 4 rings (SSSR count). The summed E-state index contributed by atoms with van der Waals surface area (Å²) in [5.41, 5.74) is 2.12. The Kier molecular flexibility index (Phi) is 5.00. The number of nitrogens with zero attached hydrogens (tertiary/aromatic N) is 2. The number of furan rings is 1. The minimum atomic E-state index is -0.207. The molecule has 6 nitrogen and oxygen atoms in total. The van der Waals surface area contributed by atoms with Crippen LogP contribution < -0.4 is 10.2 Å². The van der Waals surface area contributed by atoms with Crippen LogP contribution in [0, 0.1) is 6.92 Å². The van der Waals surface area contributed by atoms with Crippen molar-refractivity contribution in [2.45, 2.75) is 24.9 Å². The van der Waals surface area contributed by atoms with Crippen LogP contribution in [0.25, 0.3) is 0 Å². The number of hydrogen-bond acceptors (Lipinski definition) is 6. The van der Waals surface area contributed by atoms with Crippen molar-refractivity contribution in [2.24, 2.45) is 0 Å². The lowest BCUT2D eigenvalue weighted by Crippen LogP contribution is -2.35. The van der Waals surface area contributed by atoms with Gasteiger partial charge < -0.3 is 14.6 Å². The number of thioether (sulfide) groups is 1. The molecule has 0 atom stereocenters. The van der Waals surface area contributed by atoms with Gasteiger partial charge >= 0.3 is 0 Å². The molecule has 0 saturated heterocycles. The van der Waals surface area contributed by atoms with Crippen molar-refractivity contribution in [3.8, 4) is 0 Å². The van der Waals surface area contributed by atoms with Gasteiger partial charge in [-0.3, -0.25) is 9.59 Å². The zero-order chi connectivity index (χ0) is 18.8. The van der Waals surface area contributed by atoms with E-state index < -0.39 is 0 Å². The van der Waals surface area contributed by atoms with E-state index in [1.54, 1.807) is 46.8 Å². The molecule has 0 radical (unpaired) electrons. The zero-order valence-electron chi connectivity index (χ0n) is 14.6. The number of hydrogen-bond donors (Lipinski definition) is 1. The van der Waals surface area contributed by atoms with Gasteiger partial charge in [0.25, 0.3) is 5.91 Å². The normalized spacial score (nSPS) is 13.5. The molecule has 1 aromatic carbocycles. The Bertz CT molecular complexity index is 982. The molecule has 0 spiro atoms. The second-order valence-electron chi connectivity index (χ2n) is 6.07. The maximum absolute atomic E-state index is 12.5. The third-order valence-electron chi connectivity index (χ3n) is 4.15. The van der Waals surface area contributed by atoms with Crippen LogP contribution >= 0.6 is 23.1 Å². The molecule has 0 aliphatic carbocycles. The van der Waals surface area contributed by atoms with Crippen molar-refractivity contribution in [1.29, 1.82) is 0 Å². The number of amides is 2. The molecule has 138 valence electrons. The minimum absolute atomic E-state index is 0.0197. The van der Waals surface area contributed by atoms with Gasteiger partial charge in [0, 0.05) is 15.8 Å². The quantitative estimate of drug-likeness (QED) is 0.709. The molecule has 1 aliphatic heterocycles. The maximum atomic E-state index is 12.5. The highest BCUT2D eigenvalue weighted by atomic mass is 32.2. The molecule has 0 unspecified atom stereocenters. The topological polar surface area (TPSA) is 75.4 Å². The Morgan fingerprint density at radius 1 is 1.37 bits per heavy atom. The van der Waals surface area contributed by atoms with Crippen LogP contribution in [0.2, 0.25) is 0 Å². The lowest BCUT2D eigenvalue weighted by molar-refractivity contribution is -0.116. The molecule has 8 heteroatoms. The molecule has 0 bridgehead atoms. The summed E-state index contributed by atoms with van der Waals surface area (Å²) in [6.07, 6.45) is 1.57. The lowest BCUT2D eigenvalue weighted by Gasteiger charge is -2.28.